The van der Waals surface area contributed by atoms with Gasteiger partial charge in [0.05, 0.1) is 11.0 Å². The molecule has 0 spiro atoms. The zero-order chi connectivity index (χ0) is 41.9. The Morgan fingerprint density at radius 2 is 1.33 bits per heavy atom. The van der Waals surface area contributed by atoms with E-state index in [1.54, 1.807) is 0 Å². The van der Waals surface area contributed by atoms with Crippen LogP contribution in [0.15, 0.2) is 174 Å². The van der Waals surface area contributed by atoms with Crippen LogP contribution in [0, 0.1) is 26.8 Å². The minimum Gasteiger partial charge on any atom is -0.656 e. The maximum atomic E-state index is 6.64. The second-order valence-electron chi connectivity index (χ2n) is 16.7. The smallest absolute Gasteiger partial charge is 0.656 e. The van der Waals surface area contributed by atoms with Gasteiger partial charge in [-0.05, 0) is 108 Å². The third kappa shape index (κ3) is 5.62. The molecule has 7 heteroatoms. The molecule has 13 rings (SSSR count). The number of benzene rings is 8. The van der Waals surface area contributed by atoms with Crippen LogP contribution < -0.4 is 4.98 Å². The SMILES string of the molecule is Cc1cc(C)c(-c2ccnc(-n3c4[c-]c(-c5cccc6c5nc(-c5cc7c8ccccc8oc7c7c5[n-]c5ccccc57)n6-c5ccccc5)ccc4c4ccccc43)c2)c(C)c1.[Pt+2]. The maximum Gasteiger partial charge on any atom is 2.00 e. The minimum atomic E-state index is 0. The molecule has 0 N–H and O–H groups in total. The second-order valence-corrected chi connectivity index (χ2v) is 16.7. The number of imidazole rings is 1. The fourth-order valence-corrected chi connectivity index (χ4v) is 10.2. The number of furan rings is 1. The van der Waals surface area contributed by atoms with Crippen molar-refractivity contribution in [3.05, 3.63) is 193 Å². The fraction of sp³-hybridized carbons (Fsp3) is 0.0526. The molecular formula is C57H37N5OPt. The zero-order valence-corrected chi connectivity index (χ0v) is 37.4. The molecule has 13 aromatic rings. The predicted octanol–water partition coefficient (Wildman–Crippen LogP) is 14.4. The number of pyridine rings is 1. The number of nitrogens with zero attached hydrogens (tertiary/aromatic N) is 5. The van der Waals surface area contributed by atoms with E-state index < -0.39 is 0 Å². The van der Waals surface area contributed by atoms with Gasteiger partial charge < -0.3 is 14.0 Å². The van der Waals surface area contributed by atoms with Crippen LogP contribution >= 0.6 is 0 Å². The number of fused-ring (bicyclic) bond motifs is 11. The molecule has 0 aliphatic heterocycles. The summed E-state index contributed by atoms with van der Waals surface area (Å²) in [6.07, 6.45) is 1.93. The summed E-state index contributed by atoms with van der Waals surface area (Å²) in [5.74, 6) is 1.66. The van der Waals surface area contributed by atoms with Crippen LogP contribution in [0.1, 0.15) is 16.7 Å². The van der Waals surface area contributed by atoms with Crippen molar-refractivity contribution in [2.75, 3.05) is 0 Å². The summed E-state index contributed by atoms with van der Waals surface area (Å²) in [7, 11) is 0. The third-order valence-corrected chi connectivity index (χ3v) is 12.8. The molecule has 6 nitrogen and oxygen atoms in total. The Morgan fingerprint density at radius 3 is 2.17 bits per heavy atom. The molecule has 0 aliphatic carbocycles. The van der Waals surface area contributed by atoms with Crippen molar-refractivity contribution in [2.24, 2.45) is 0 Å². The molecule has 0 radical (unpaired) electrons. The number of aryl methyl sites for hydroxylation is 3. The Kier molecular flexibility index (Phi) is 8.66. The minimum absolute atomic E-state index is 0. The van der Waals surface area contributed by atoms with Crippen LogP contribution in [0.5, 0.6) is 0 Å². The first-order valence-corrected chi connectivity index (χ1v) is 21.4. The first-order valence-electron chi connectivity index (χ1n) is 21.4. The molecule has 5 heterocycles. The Labute approximate surface area is 382 Å². The molecule has 8 aromatic carbocycles. The Hall–Kier alpha value is -7.53. The number of rotatable bonds is 5. The van der Waals surface area contributed by atoms with Crippen molar-refractivity contribution in [3.8, 4) is 45.1 Å². The van der Waals surface area contributed by atoms with Gasteiger partial charge in [-0.2, -0.15) is 0 Å². The van der Waals surface area contributed by atoms with Gasteiger partial charge in [0, 0.05) is 39.1 Å². The molecule has 64 heavy (non-hydrogen) atoms. The van der Waals surface area contributed by atoms with E-state index in [4.69, 9.17) is 19.4 Å². The number of hydrogen-bond acceptors (Lipinski definition) is 3. The van der Waals surface area contributed by atoms with Gasteiger partial charge in [-0.15, -0.1) is 34.8 Å². The van der Waals surface area contributed by atoms with E-state index in [-0.39, 0.29) is 21.1 Å². The summed E-state index contributed by atoms with van der Waals surface area (Å²) in [4.78, 5) is 16.0. The van der Waals surface area contributed by atoms with Crippen LogP contribution in [-0.2, 0) is 21.1 Å². The van der Waals surface area contributed by atoms with E-state index in [1.807, 2.05) is 24.4 Å². The first-order chi connectivity index (χ1) is 31.0. The third-order valence-electron chi connectivity index (χ3n) is 12.8. The van der Waals surface area contributed by atoms with Crippen molar-refractivity contribution in [2.45, 2.75) is 20.8 Å². The summed E-state index contributed by atoms with van der Waals surface area (Å²) in [6.45, 7) is 6.54. The number of aromatic nitrogens is 5. The first kappa shape index (κ1) is 38.2. The van der Waals surface area contributed by atoms with Crippen molar-refractivity contribution in [1.29, 1.82) is 0 Å². The molecule has 0 amide bonds. The molecule has 0 saturated carbocycles. The van der Waals surface area contributed by atoms with Crippen molar-refractivity contribution < 1.29 is 25.5 Å². The van der Waals surface area contributed by atoms with Gasteiger partial charge in [-0.25, -0.2) is 9.97 Å². The van der Waals surface area contributed by atoms with Gasteiger partial charge in [0.2, 0.25) is 0 Å². The van der Waals surface area contributed by atoms with Crippen molar-refractivity contribution in [1.82, 2.24) is 24.1 Å². The van der Waals surface area contributed by atoms with E-state index in [9.17, 15) is 0 Å². The Morgan fingerprint density at radius 1 is 0.594 bits per heavy atom. The van der Waals surface area contributed by atoms with Gasteiger partial charge in [-0.1, -0.05) is 120 Å². The average molecular weight is 1000 g/mol. The molecule has 0 unspecified atom stereocenters. The largest absolute Gasteiger partial charge is 2.00 e. The Balaban J connectivity index is 0.00000433. The molecule has 306 valence electrons. The molecule has 0 bridgehead atoms. The predicted molar refractivity (Wildman–Crippen MR) is 258 cm³/mol. The molecule has 0 fully saturated rings. The van der Waals surface area contributed by atoms with Gasteiger partial charge in [0.15, 0.2) is 0 Å². The van der Waals surface area contributed by atoms with E-state index in [0.29, 0.717) is 0 Å². The summed E-state index contributed by atoms with van der Waals surface area (Å²) >= 11 is 0. The van der Waals surface area contributed by atoms with Crippen LogP contribution in [-0.4, -0.2) is 19.1 Å². The normalized spacial score (nSPS) is 11.9. The van der Waals surface area contributed by atoms with Crippen molar-refractivity contribution >= 4 is 76.6 Å². The monoisotopic (exact) mass is 1000 g/mol. The van der Waals surface area contributed by atoms with E-state index in [1.165, 1.54) is 22.3 Å². The molecule has 0 saturated heterocycles. The zero-order valence-electron chi connectivity index (χ0n) is 35.1. The summed E-state index contributed by atoms with van der Waals surface area (Å²) in [6, 6.07) is 61.5. The quantitative estimate of drug-likeness (QED) is 0.161. The number of para-hydroxylation sites is 5. The summed E-state index contributed by atoms with van der Waals surface area (Å²) in [5.41, 5.74) is 17.4. The van der Waals surface area contributed by atoms with E-state index in [2.05, 4.69) is 182 Å². The fourth-order valence-electron chi connectivity index (χ4n) is 10.2. The average Bonchev–Trinajstić information content (AvgIpc) is 4.07. The van der Waals surface area contributed by atoms with Crippen LogP contribution in [0.25, 0.3) is 122 Å². The van der Waals surface area contributed by atoms with Crippen molar-refractivity contribution in [3.63, 3.8) is 0 Å². The molecule has 5 aromatic heterocycles. The summed E-state index contributed by atoms with van der Waals surface area (Å²) in [5, 5.41) is 6.42. The topological polar surface area (TPSA) is 62.9 Å². The van der Waals surface area contributed by atoms with Gasteiger partial charge in [0.1, 0.15) is 22.8 Å². The van der Waals surface area contributed by atoms with E-state index in [0.717, 1.165) is 116 Å². The van der Waals surface area contributed by atoms with E-state index >= 15 is 0 Å². The molecular weight excluding hydrogens is 966 g/mol. The van der Waals surface area contributed by atoms with Crippen LogP contribution in [0.3, 0.4) is 0 Å². The maximum absolute atomic E-state index is 6.64. The number of hydrogen-bond donors (Lipinski definition) is 0. The Bertz CT molecular complexity index is 4000. The molecule has 0 aliphatic rings. The second kappa shape index (κ2) is 14.5. The van der Waals surface area contributed by atoms with Gasteiger partial charge in [-0.3, -0.25) is 4.57 Å². The molecule has 0 atom stereocenters. The van der Waals surface area contributed by atoms with Crippen LogP contribution in [0.2, 0.25) is 0 Å². The standard InChI is InChI=1S/C57H37N5O.Pt/c1-33-28-34(2)52(35(3)29-33)37-26-27-58-51(31-37)62-47-21-11-8-16-40(47)41-25-24-36(30-49(41)62)39-19-13-22-48-54(39)60-57(61(48)38-14-5-4-6-15-38)45-32-44-42-17-9-12-23-50(42)63-56(44)53-43-18-7-10-20-46(43)59-55(45)53;/h4-29,31-32H,1-3H3;/q-2;+2. The van der Waals surface area contributed by atoms with Gasteiger partial charge >= 0.3 is 21.1 Å². The summed E-state index contributed by atoms with van der Waals surface area (Å²) < 4.78 is 11.2. The van der Waals surface area contributed by atoms with Gasteiger partial charge in [0.25, 0.3) is 0 Å². The van der Waals surface area contributed by atoms with Crippen LogP contribution in [0.4, 0.5) is 0 Å².